The fourth-order valence-electron chi connectivity index (χ4n) is 4.38. The van der Waals surface area contributed by atoms with Crippen molar-refractivity contribution in [2.45, 2.75) is 31.1 Å². The maximum atomic E-state index is 12.8. The topological polar surface area (TPSA) is 92.6 Å². The van der Waals surface area contributed by atoms with Crippen molar-refractivity contribution in [3.05, 3.63) is 89.5 Å². The van der Waals surface area contributed by atoms with Gasteiger partial charge in [0, 0.05) is 24.6 Å². The van der Waals surface area contributed by atoms with Crippen molar-refractivity contribution in [2.75, 3.05) is 19.5 Å². The smallest absolute Gasteiger partial charge is 0.262 e. The lowest BCUT2D eigenvalue weighted by Crippen LogP contribution is -2.25. The summed E-state index contributed by atoms with van der Waals surface area (Å²) in [5, 5.41) is 9.44. The van der Waals surface area contributed by atoms with E-state index in [0.29, 0.717) is 23.0 Å². The van der Waals surface area contributed by atoms with Crippen LogP contribution in [0.25, 0.3) is 0 Å². The average molecular weight is 529 g/mol. The van der Waals surface area contributed by atoms with Crippen LogP contribution in [0.15, 0.2) is 82.9 Å². The number of ether oxygens (including phenoxy) is 2. The SMILES string of the molecule is COc1ccc([C@@H]2CC(c3ccc(C)cc3)=NN2C2=NC(=O)[C@H](CC(=O)Nc3cccc(OC)c3)S2)cc1. The van der Waals surface area contributed by atoms with Crippen LogP contribution in [-0.2, 0) is 9.59 Å². The molecule has 0 saturated carbocycles. The van der Waals surface area contributed by atoms with Crippen molar-refractivity contribution in [3.8, 4) is 11.5 Å². The molecule has 8 nitrogen and oxygen atoms in total. The lowest BCUT2D eigenvalue weighted by atomic mass is 9.98. The molecule has 0 fully saturated rings. The van der Waals surface area contributed by atoms with E-state index in [9.17, 15) is 9.59 Å². The number of aryl methyl sites for hydroxylation is 1. The molecule has 194 valence electrons. The van der Waals surface area contributed by atoms with Gasteiger partial charge < -0.3 is 14.8 Å². The Morgan fingerprint density at radius 1 is 1.03 bits per heavy atom. The molecule has 1 N–H and O–H groups in total. The molecule has 5 rings (SSSR count). The van der Waals surface area contributed by atoms with Gasteiger partial charge in [-0.2, -0.15) is 10.1 Å². The highest BCUT2D eigenvalue weighted by atomic mass is 32.2. The number of hydrogen-bond acceptors (Lipinski definition) is 7. The van der Waals surface area contributed by atoms with Gasteiger partial charge in [-0.1, -0.05) is 59.8 Å². The van der Waals surface area contributed by atoms with E-state index >= 15 is 0 Å². The summed E-state index contributed by atoms with van der Waals surface area (Å²) in [6, 6.07) is 23.0. The van der Waals surface area contributed by atoms with E-state index in [0.717, 1.165) is 22.6 Å². The van der Waals surface area contributed by atoms with Gasteiger partial charge in [0.15, 0.2) is 5.17 Å². The first-order chi connectivity index (χ1) is 18.4. The molecule has 0 saturated heterocycles. The lowest BCUT2D eigenvalue weighted by Gasteiger charge is -2.23. The summed E-state index contributed by atoms with van der Waals surface area (Å²) >= 11 is 1.28. The molecule has 0 unspecified atom stereocenters. The predicted molar refractivity (Wildman–Crippen MR) is 150 cm³/mol. The largest absolute Gasteiger partial charge is 0.497 e. The molecule has 9 heteroatoms. The molecular formula is C29H28N4O4S. The average Bonchev–Trinajstić information content (AvgIpc) is 3.53. The Morgan fingerprint density at radius 3 is 2.47 bits per heavy atom. The van der Waals surface area contributed by atoms with Gasteiger partial charge in [0.05, 0.1) is 26.0 Å². The molecule has 0 radical (unpaired) electrons. The molecule has 3 aromatic carbocycles. The number of anilines is 1. The second-order valence-corrected chi connectivity index (χ2v) is 10.2. The van der Waals surface area contributed by atoms with Crippen LogP contribution in [-0.4, -0.2) is 47.2 Å². The first-order valence-corrected chi connectivity index (χ1v) is 13.1. The van der Waals surface area contributed by atoms with Crippen LogP contribution in [0, 0.1) is 6.92 Å². The highest BCUT2D eigenvalue weighted by Gasteiger charge is 2.39. The summed E-state index contributed by atoms with van der Waals surface area (Å²) in [6.45, 7) is 2.05. The van der Waals surface area contributed by atoms with Crippen molar-refractivity contribution in [1.29, 1.82) is 0 Å². The standard InChI is InChI=1S/C29H28N4O4S/c1-18-7-9-19(10-8-18)24-16-25(20-11-13-22(36-2)14-12-20)33(32-24)29-31-28(35)26(38-29)17-27(34)30-21-5-4-6-23(15-21)37-3/h4-15,25-26H,16-17H2,1-3H3,(H,30,34)/t25-,26-/m0/s1. The van der Waals surface area contributed by atoms with Gasteiger partial charge in [-0.15, -0.1) is 0 Å². The number of carbonyl (C=O) groups is 2. The summed E-state index contributed by atoms with van der Waals surface area (Å²) in [6.07, 6.45) is 0.660. The quantitative estimate of drug-likeness (QED) is 0.454. The number of thioether (sulfide) groups is 1. The zero-order chi connectivity index (χ0) is 26.6. The second kappa shape index (κ2) is 11.1. The van der Waals surface area contributed by atoms with Gasteiger partial charge in [-0.05, 0) is 42.3 Å². The number of amidine groups is 1. The Morgan fingerprint density at radius 2 is 1.76 bits per heavy atom. The highest BCUT2D eigenvalue weighted by molar-refractivity contribution is 8.15. The van der Waals surface area contributed by atoms with Crippen LogP contribution in [0.2, 0.25) is 0 Å². The molecule has 0 aromatic heterocycles. The first kappa shape index (κ1) is 25.5. The van der Waals surface area contributed by atoms with Gasteiger partial charge in [0.25, 0.3) is 5.91 Å². The molecule has 2 heterocycles. The number of nitrogens with one attached hydrogen (secondary N) is 1. The van der Waals surface area contributed by atoms with Crippen LogP contribution < -0.4 is 14.8 Å². The lowest BCUT2D eigenvalue weighted by molar-refractivity contribution is -0.121. The molecular weight excluding hydrogens is 500 g/mol. The summed E-state index contributed by atoms with van der Waals surface area (Å²) in [4.78, 5) is 29.9. The monoisotopic (exact) mass is 528 g/mol. The van der Waals surface area contributed by atoms with Crippen LogP contribution in [0.3, 0.4) is 0 Å². The van der Waals surface area contributed by atoms with E-state index in [-0.39, 0.29) is 24.3 Å². The molecule has 2 aliphatic rings. The molecule has 2 amide bonds. The summed E-state index contributed by atoms with van der Waals surface area (Å²) in [5.74, 6) is 0.805. The molecule has 38 heavy (non-hydrogen) atoms. The van der Waals surface area contributed by atoms with Crippen LogP contribution >= 0.6 is 11.8 Å². The molecule has 2 atom stereocenters. The minimum absolute atomic E-state index is 0.00326. The Kier molecular flexibility index (Phi) is 7.46. The summed E-state index contributed by atoms with van der Waals surface area (Å²) < 4.78 is 10.5. The van der Waals surface area contributed by atoms with Crippen molar-refractivity contribution >= 4 is 40.1 Å². The molecule has 2 aliphatic heterocycles. The third kappa shape index (κ3) is 5.57. The van der Waals surface area contributed by atoms with Gasteiger partial charge in [-0.3, -0.25) is 9.59 Å². The number of benzene rings is 3. The fourth-order valence-corrected chi connectivity index (χ4v) is 5.44. The van der Waals surface area contributed by atoms with E-state index in [4.69, 9.17) is 14.6 Å². The van der Waals surface area contributed by atoms with Gasteiger partial charge >= 0.3 is 0 Å². The van der Waals surface area contributed by atoms with Gasteiger partial charge in [-0.25, -0.2) is 5.01 Å². The van der Waals surface area contributed by atoms with E-state index in [1.54, 1.807) is 38.5 Å². The van der Waals surface area contributed by atoms with Crippen LogP contribution in [0.5, 0.6) is 11.5 Å². The van der Waals surface area contributed by atoms with E-state index in [1.165, 1.54) is 17.3 Å². The third-order valence-corrected chi connectivity index (χ3v) is 7.59. The van der Waals surface area contributed by atoms with E-state index in [1.807, 2.05) is 36.2 Å². The van der Waals surface area contributed by atoms with E-state index in [2.05, 4.69) is 34.6 Å². The number of carbonyl (C=O) groups excluding carboxylic acids is 2. The summed E-state index contributed by atoms with van der Waals surface area (Å²) in [7, 11) is 3.20. The number of hydrogen-bond donors (Lipinski definition) is 1. The maximum absolute atomic E-state index is 12.8. The third-order valence-electron chi connectivity index (χ3n) is 6.44. The van der Waals surface area contributed by atoms with E-state index < -0.39 is 5.25 Å². The molecule has 0 bridgehead atoms. The Bertz CT molecular complexity index is 1400. The van der Waals surface area contributed by atoms with Crippen LogP contribution in [0.4, 0.5) is 5.69 Å². The molecule has 0 spiro atoms. The minimum atomic E-state index is -0.620. The highest BCUT2D eigenvalue weighted by Crippen LogP contribution is 2.39. The number of nitrogens with zero attached hydrogens (tertiary/aromatic N) is 3. The Hall–Kier alpha value is -4.11. The number of amides is 2. The van der Waals surface area contributed by atoms with Gasteiger partial charge in [0.1, 0.15) is 16.7 Å². The van der Waals surface area contributed by atoms with Crippen molar-refractivity contribution in [3.63, 3.8) is 0 Å². The number of hydrazone groups is 1. The van der Waals surface area contributed by atoms with Crippen molar-refractivity contribution < 1.29 is 19.1 Å². The van der Waals surface area contributed by atoms with Crippen molar-refractivity contribution in [2.24, 2.45) is 10.1 Å². The van der Waals surface area contributed by atoms with Gasteiger partial charge in [0.2, 0.25) is 5.91 Å². The first-order valence-electron chi connectivity index (χ1n) is 12.2. The predicted octanol–water partition coefficient (Wildman–Crippen LogP) is 5.19. The second-order valence-electron chi connectivity index (χ2n) is 9.07. The molecule has 3 aromatic rings. The molecule has 0 aliphatic carbocycles. The number of aliphatic imine (C=N–C) groups is 1. The van der Waals surface area contributed by atoms with Crippen LogP contribution in [0.1, 0.15) is 35.6 Å². The maximum Gasteiger partial charge on any atom is 0.262 e. The van der Waals surface area contributed by atoms with Crippen molar-refractivity contribution in [1.82, 2.24) is 5.01 Å². The Labute approximate surface area is 225 Å². The zero-order valence-corrected chi connectivity index (χ0v) is 22.2. The fraction of sp³-hybridized carbons (Fsp3) is 0.241. The number of methoxy groups -OCH3 is 2. The summed E-state index contributed by atoms with van der Waals surface area (Å²) in [5.41, 5.74) is 4.76. The normalized spacial score (nSPS) is 18.7. The minimum Gasteiger partial charge on any atom is -0.497 e. The number of rotatable bonds is 7. The zero-order valence-electron chi connectivity index (χ0n) is 21.4. The Balaban J connectivity index is 1.34.